The first kappa shape index (κ1) is 18.7. The molecule has 1 saturated carbocycles. The highest BCUT2D eigenvalue weighted by Gasteiger charge is 2.43. The minimum Gasteiger partial charge on any atom is -0.340 e. The van der Waals surface area contributed by atoms with E-state index < -0.39 is 11.7 Å². The van der Waals surface area contributed by atoms with Gasteiger partial charge < -0.3 is 16.0 Å². The standard InChI is InChI=1S/C20H21F3N4O/c21-20(22,23)13-3-1-4-14(9-13)26-18-15(5-2-8-25-18)19(28)27-10-12-6-7-17(24)16(12)11-27/h1-5,8-9,12,16-17H,6-7,10-11,24H2,(H,25,26). The third-order valence-corrected chi connectivity index (χ3v) is 5.69. The number of hydrogen-bond acceptors (Lipinski definition) is 4. The quantitative estimate of drug-likeness (QED) is 0.839. The van der Waals surface area contributed by atoms with Gasteiger partial charge in [0, 0.05) is 31.0 Å². The third-order valence-electron chi connectivity index (χ3n) is 5.69. The Balaban J connectivity index is 1.55. The predicted molar refractivity (Wildman–Crippen MR) is 99.1 cm³/mol. The Labute approximate surface area is 160 Å². The number of carbonyl (C=O) groups excluding carboxylic acids is 1. The fourth-order valence-corrected chi connectivity index (χ4v) is 4.23. The molecule has 148 valence electrons. The molecule has 0 radical (unpaired) electrons. The van der Waals surface area contributed by atoms with E-state index in [0.717, 1.165) is 25.0 Å². The normalized spacial score (nSPS) is 24.3. The Kier molecular flexibility index (Phi) is 4.74. The second-order valence-electron chi connectivity index (χ2n) is 7.48. The van der Waals surface area contributed by atoms with Gasteiger partial charge in [0.05, 0.1) is 11.1 Å². The van der Waals surface area contributed by atoms with Gasteiger partial charge in [-0.15, -0.1) is 0 Å². The number of anilines is 2. The van der Waals surface area contributed by atoms with E-state index in [-0.39, 0.29) is 23.5 Å². The zero-order valence-electron chi connectivity index (χ0n) is 15.1. The molecule has 2 fully saturated rings. The first-order valence-corrected chi connectivity index (χ1v) is 9.27. The van der Waals surface area contributed by atoms with E-state index >= 15 is 0 Å². The highest BCUT2D eigenvalue weighted by molar-refractivity contribution is 5.99. The second kappa shape index (κ2) is 7.09. The molecule has 8 heteroatoms. The van der Waals surface area contributed by atoms with Gasteiger partial charge in [0.15, 0.2) is 0 Å². The van der Waals surface area contributed by atoms with E-state index in [2.05, 4.69) is 10.3 Å². The molecular weight excluding hydrogens is 369 g/mol. The second-order valence-corrected chi connectivity index (χ2v) is 7.48. The predicted octanol–water partition coefficient (Wildman–Crippen LogP) is 3.65. The minimum absolute atomic E-state index is 0.124. The van der Waals surface area contributed by atoms with Crippen molar-refractivity contribution < 1.29 is 18.0 Å². The molecule has 1 saturated heterocycles. The van der Waals surface area contributed by atoms with Crippen LogP contribution in [0, 0.1) is 11.8 Å². The Bertz CT molecular complexity index is 886. The van der Waals surface area contributed by atoms with Gasteiger partial charge in [0.25, 0.3) is 5.91 Å². The first-order chi connectivity index (χ1) is 13.3. The number of aromatic nitrogens is 1. The number of halogens is 3. The van der Waals surface area contributed by atoms with Gasteiger partial charge in [-0.2, -0.15) is 13.2 Å². The van der Waals surface area contributed by atoms with Gasteiger partial charge in [0.1, 0.15) is 5.82 Å². The number of carbonyl (C=O) groups is 1. The van der Waals surface area contributed by atoms with Crippen LogP contribution in [0.15, 0.2) is 42.6 Å². The topological polar surface area (TPSA) is 71.2 Å². The molecule has 1 aliphatic carbocycles. The van der Waals surface area contributed by atoms with Crippen LogP contribution in [0.1, 0.15) is 28.8 Å². The van der Waals surface area contributed by atoms with Gasteiger partial charge >= 0.3 is 6.18 Å². The molecule has 28 heavy (non-hydrogen) atoms. The summed E-state index contributed by atoms with van der Waals surface area (Å²) in [4.78, 5) is 19.0. The highest BCUT2D eigenvalue weighted by Crippen LogP contribution is 2.38. The minimum atomic E-state index is -4.44. The summed E-state index contributed by atoms with van der Waals surface area (Å²) in [7, 11) is 0. The summed E-state index contributed by atoms with van der Waals surface area (Å²) < 4.78 is 38.8. The molecule has 3 atom stereocenters. The third kappa shape index (κ3) is 3.56. The van der Waals surface area contributed by atoms with Crippen LogP contribution in [0.3, 0.4) is 0 Å². The van der Waals surface area contributed by atoms with Crippen molar-refractivity contribution >= 4 is 17.4 Å². The van der Waals surface area contributed by atoms with Crippen LogP contribution < -0.4 is 11.1 Å². The number of alkyl halides is 3. The Morgan fingerprint density at radius 3 is 2.75 bits per heavy atom. The van der Waals surface area contributed by atoms with Crippen LogP contribution in [0.4, 0.5) is 24.7 Å². The van der Waals surface area contributed by atoms with Crippen molar-refractivity contribution in [2.75, 3.05) is 18.4 Å². The summed E-state index contributed by atoms with van der Waals surface area (Å²) in [5, 5.41) is 2.87. The maximum absolute atomic E-state index is 13.0. The molecule has 4 rings (SSSR count). The Morgan fingerprint density at radius 1 is 1.18 bits per heavy atom. The lowest BCUT2D eigenvalue weighted by Crippen LogP contribution is -2.33. The van der Waals surface area contributed by atoms with Gasteiger partial charge in [0.2, 0.25) is 0 Å². The summed E-state index contributed by atoms with van der Waals surface area (Å²) in [6, 6.07) is 8.24. The zero-order chi connectivity index (χ0) is 19.9. The van der Waals surface area contributed by atoms with Crippen molar-refractivity contribution in [2.24, 2.45) is 17.6 Å². The van der Waals surface area contributed by atoms with Gasteiger partial charge in [-0.3, -0.25) is 4.79 Å². The highest BCUT2D eigenvalue weighted by atomic mass is 19.4. The van der Waals surface area contributed by atoms with Crippen molar-refractivity contribution in [1.82, 2.24) is 9.88 Å². The Morgan fingerprint density at radius 2 is 2.00 bits per heavy atom. The van der Waals surface area contributed by atoms with Gasteiger partial charge in [-0.05, 0) is 55.0 Å². The molecule has 0 spiro atoms. The first-order valence-electron chi connectivity index (χ1n) is 9.27. The molecule has 3 N–H and O–H groups in total. The fraction of sp³-hybridized carbons (Fsp3) is 0.400. The van der Waals surface area contributed by atoms with E-state index in [1.807, 2.05) is 0 Å². The van der Waals surface area contributed by atoms with Crippen molar-refractivity contribution in [3.05, 3.63) is 53.7 Å². The molecule has 2 heterocycles. The van der Waals surface area contributed by atoms with Crippen LogP contribution >= 0.6 is 0 Å². The lowest BCUT2D eigenvalue weighted by molar-refractivity contribution is -0.137. The molecule has 1 aliphatic heterocycles. The van der Waals surface area contributed by atoms with Crippen LogP contribution in [0.5, 0.6) is 0 Å². The van der Waals surface area contributed by atoms with Crippen LogP contribution in [0.2, 0.25) is 0 Å². The molecular formula is C20H21F3N4O. The van der Waals surface area contributed by atoms with E-state index in [9.17, 15) is 18.0 Å². The van der Waals surface area contributed by atoms with Crippen molar-refractivity contribution in [3.63, 3.8) is 0 Å². The zero-order valence-corrected chi connectivity index (χ0v) is 15.1. The maximum Gasteiger partial charge on any atom is 0.416 e. The number of nitrogens with two attached hydrogens (primary N) is 1. The van der Waals surface area contributed by atoms with Crippen molar-refractivity contribution in [1.29, 1.82) is 0 Å². The molecule has 5 nitrogen and oxygen atoms in total. The van der Waals surface area contributed by atoms with Crippen molar-refractivity contribution in [2.45, 2.75) is 25.1 Å². The molecule has 2 aromatic rings. The smallest absolute Gasteiger partial charge is 0.340 e. The van der Waals surface area contributed by atoms with E-state index in [1.165, 1.54) is 18.3 Å². The number of benzene rings is 1. The molecule has 2 aliphatic rings. The lowest BCUT2D eigenvalue weighted by Gasteiger charge is -2.20. The number of fused-ring (bicyclic) bond motifs is 1. The average Bonchev–Trinajstić information content (AvgIpc) is 3.23. The van der Waals surface area contributed by atoms with E-state index in [4.69, 9.17) is 5.73 Å². The number of amides is 1. The number of nitrogens with zero attached hydrogens (tertiary/aromatic N) is 2. The van der Waals surface area contributed by atoms with Crippen LogP contribution in [-0.4, -0.2) is 34.9 Å². The van der Waals surface area contributed by atoms with Gasteiger partial charge in [-0.25, -0.2) is 4.98 Å². The summed E-state index contributed by atoms with van der Waals surface area (Å²) >= 11 is 0. The molecule has 1 amide bonds. The summed E-state index contributed by atoms with van der Waals surface area (Å²) in [6.45, 7) is 1.28. The summed E-state index contributed by atoms with van der Waals surface area (Å²) in [5.74, 6) is 0.813. The van der Waals surface area contributed by atoms with E-state index in [1.54, 1.807) is 17.0 Å². The Hall–Kier alpha value is -2.61. The largest absolute Gasteiger partial charge is 0.416 e. The van der Waals surface area contributed by atoms with E-state index in [0.29, 0.717) is 30.5 Å². The summed E-state index contributed by atoms with van der Waals surface area (Å²) in [5.41, 5.74) is 5.95. The molecule has 1 aromatic carbocycles. The number of pyridine rings is 1. The SMILES string of the molecule is NC1CCC2CN(C(=O)c3cccnc3Nc3cccc(C(F)(F)F)c3)CC12. The number of hydrogen-bond donors (Lipinski definition) is 2. The van der Waals surface area contributed by atoms with Gasteiger partial charge in [-0.1, -0.05) is 6.07 Å². The number of likely N-dealkylation sites (tertiary alicyclic amines) is 1. The molecule has 3 unspecified atom stereocenters. The van der Waals surface area contributed by atoms with Crippen LogP contribution in [0.25, 0.3) is 0 Å². The molecule has 1 aromatic heterocycles. The van der Waals surface area contributed by atoms with Crippen molar-refractivity contribution in [3.8, 4) is 0 Å². The average molecular weight is 390 g/mol. The lowest BCUT2D eigenvalue weighted by atomic mass is 9.98. The monoisotopic (exact) mass is 390 g/mol. The fourth-order valence-electron chi connectivity index (χ4n) is 4.23. The summed E-state index contributed by atoms with van der Waals surface area (Å²) in [6.07, 6.45) is -0.918. The number of rotatable bonds is 3. The van der Waals surface area contributed by atoms with Crippen LogP contribution in [-0.2, 0) is 6.18 Å². The maximum atomic E-state index is 13.0. The molecule has 0 bridgehead atoms. The number of nitrogens with one attached hydrogen (secondary N) is 1.